The second kappa shape index (κ2) is 17.3. The number of amides is 1. The number of nitrogens with zero attached hydrogens (tertiary/aromatic N) is 1. The number of hydrogen-bond acceptors (Lipinski definition) is 3. The third kappa shape index (κ3) is 10.8. The molecule has 0 aliphatic rings. The van der Waals surface area contributed by atoms with Crippen LogP contribution in [0.2, 0.25) is 5.02 Å². The summed E-state index contributed by atoms with van der Waals surface area (Å²) in [5, 5.41) is 6.87. The van der Waals surface area contributed by atoms with Crippen molar-refractivity contribution in [2.45, 2.75) is 90.4 Å². The average Bonchev–Trinajstić information content (AvgIpc) is 3.34. The molecule has 3 aromatic rings. The molecule has 3 rings (SSSR count). The van der Waals surface area contributed by atoms with Crippen LogP contribution >= 0.6 is 22.9 Å². The quantitative estimate of drug-likeness (QED) is 0.125. The average molecular weight is 556 g/mol. The Morgan fingerprint density at radius 2 is 1.53 bits per heavy atom. The van der Waals surface area contributed by atoms with Crippen LogP contribution in [0.3, 0.4) is 0 Å². The molecule has 4 nitrogen and oxygen atoms in total. The van der Waals surface area contributed by atoms with Gasteiger partial charge in [0.15, 0.2) is 6.20 Å². The predicted octanol–water partition coefficient (Wildman–Crippen LogP) is 9.15. The summed E-state index contributed by atoms with van der Waals surface area (Å²) in [6.45, 7) is 2.92. The first-order chi connectivity index (χ1) is 18.6. The Kier molecular flexibility index (Phi) is 13.7. The van der Waals surface area contributed by atoms with Crippen molar-refractivity contribution in [2.24, 2.45) is 7.05 Å². The Balaban J connectivity index is 1.35. The maximum absolute atomic E-state index is 12.8. The number of rotatable bonds is 18. The first kappa shape index (κ1) is 30.2. The minimum atomic E-state index is -0.0723. The standard InChI is InChI=1S/C32H43ClN2O2S/c1-3-4-5-6-7-8-9-10-11-12-13-14-22-37-30-25-28(33)18-15-27(30)24-31(36)34-29-19-16-26(17-20-29)32-35(2)21-23-38-32/h15-21,23,25H,3-14,22,24H2,1-2H3/p+1. The van der Waals surface area contributed by atoms with Crippen LogP contribution in [-0.4, -0.2) is 12.5 Å². The van der Waals surface area contributed by atoms with Gasteiger partial charge in [0.2, 0.25) is 5.91 Å². The molecule has 1 N–H and O–H groups in total. The zero-order valence-corrected chi connectivity index (χ0v) is 24.7. The fourth-order valence-corrected chi connectivity index (χ4v) is 5.65. The second-order valence-electron chi connectivity index (χ2n) is 10.1. The molecule has 0 unspecified atom stereocenters. The number of benzene rings is 2. The Morgan fingerprint density at radius 1 is 0.895 bits per heavy atom. The molecule has 206 valence electrons. The summed E-state index contributed by atoms with van der Waals surface area (Å²) in [4.78, 5) is 12.8. The molecule has 1 aromatic heterocycles. The van der Waals surface area contributed by atoms with E-state index in [0.29, 0.717) is 17.4 Å². The van der Waals surface area contributed by atoms with Crippen molar-refractivity contribution in [3.8, 4) is 16.3 Å². The monoisotopic (exact) mass is 555 g/mol. The summed E-state index contributed by atoms with van der Waals surface area (Å²) < 4.78 is 8.16. The fourth-order valence-electron chi connectivity index (χ4n) is 4.62. The minimum Gasteiger partial charge on any atom is -0.493 e. The highest BCUT2D eigenvalue weighted by Crippen LogP contribution is 2.26. The lowest BCUT2D eigenvalue weighted by Gasteiger charge is -2.12. The van der Waals surface area contributed by atoms with Crippen molar-refractivity contribution < 1.29 is 14.1 Å². The molecule has 2 aromatic carbocycles. The van der Waals surface area contributed by atoms with E-state index in [-0.39, 0.29) is 12.3 Å². The van der Waals surface area contributed by atoms with Crippen LogP contribution in [0.5, 0.6) is 5.75 Å². The lowest BCUT2D eigenvalue weighted by atomic mass is 10.1. The van der Waals surface area contributed by atoms with Gasteiger partial charge in [0.1, 0.15) is 12.8 Å². The van der Waals surface area contributed by atoms with Crippen LogP contribution in [0.15, 0.2) is 54.0 Å². The first-order valence-electron chi connectivity index (χ1n) is 14.3. The number of halogens is 1. The van der Waals surface area contributed by atoms with Gasteiger partial charge in [0, 0.05) is 16.3 Å². The van der Waals surface area contributed by atoms with Gasteiger partial charge in [-0.25, -0.2) is 0 Å². The topological polar surface area (TPSA) is 42.2 Å². The van der Waals surface area contributed by atoms with Crippen LogP contribution in [0.1, 0.15) is 89.5 Å². The second-order valence-corrected chi connectivity index (χ2v) is 11.4. The van der Waals surface area contributed by atoms with E-state index in [1.807, 2.05) is 55.7 Å². The van der Waals surface area contributed by atoms with Crippen molar-refractivity contribution in [3.05, 3.63) is 64.6 Å². The Bertz CT molecular complexity index is 1100. The van der Waals surface area contributed by atoms with E-state index in [2.05, 4.69) is 22.2 Å². The predicted molar refractivity (Wildman–Crippen MR) is 161 cm³/mol. The third-order valence-corrected chi connectivity index (χ3v) is 8.08. The van der Waals surface area contributed by atoms with E-state index in [9.17, 15) is 4.79 Å². The van der Waals surface area contributed by atoms with E-state index < -0.39 is 0 Å². The Morgan fingerprint density at radius 3 is 2.13 bits per heavy atom. The molecule has 1 amide bonds. The molecule has 1 heterocycles. The number of hydrogen-bond donors (Lipinski definition) is 1. The van der Waals surface area contributed by atoms with Crippen molar-refractivity contribution in [1.82, 2.24) is 0 Å². The smallest absolute Gasteiger partial charge is 0.268 e. The Hall–Kier alpha value is -2.37. The van der Waals surface area contributed by atoms with E-state index in [1.165, 1.54) is 75.6 Å². The third-order valence-electron chi connectivity index (χ3n) is 6.84. The van der Waals surface area contributed by atoms with E-state index in [1.54, 1.807) is 11.3 Å². The largest absolute Gasteiger partial charge is 0.493 e. The van der Waals surface area contributed by atoms with Gasteiger partial charge < -0.3 is 10.1 Å². The molecule has 0 saturated heterocycles. The fraction of sp³-hybridized carbons (Fsp3) is 0.500. The minimum absolute atomic E-state index is 0.0723. The summed E-state index contributed by atoms with van der Waals surface area (Å²) in [7, 11) is 2.03. The van der Waals surface area contributed by atoms with Gasteiger partial charge in [0.05, 0.1) is 24.0 Å². The SMILES string of the molecule is CCCCCCCCCCCCCCOc1cc(Cl)ccc1CC(=O)Nc1ccc(-c2scc[n+]2C)cc1. The Labute approximate surface area is 238 Å². The molecule has 0 bridgehead atoms. The number of unbranched alkanes of at least 4 members (excludes halogenated alkanes) is 11. The van der Waals surface area contributed by atoms with Gasteiger partial charge in [-0.2, -0.15) is 4.57 Å². The molecule has 38 heavy (non-hydrogen) atoms. The maximum Gasteiger partial charge on any atom is 0.268 e. The lowest BCUT2D eigenvalue weighted by Crippen LogP contribution is -2.26. The molecule has 0 spiro atoms. The number of carbonyl (C=O) groups excluding carboxylic acids is 1. The maximum atomic E-state index is 12.8. The molecular formula is C32H44ClN2O2S+. The number of aromatic nitrogens is 1. The van der Waals surface area contributed by atoms with Gasteiger partial charge in [-0.1, -0.05) is 107 Å². The zero-order chi connectivity index (χ0) is 27.0. The highest BCUT2D eigenvalue weighted by molar-refractivity contribution is 7.12. The van der Waals surface area contributed by atoms with Crippen molar-refractivity contribution in [1.29, 1.82) is 0 Å². The van der Waals surface area contributed by atoms with Gasteiger partial charge in [0.25, 0.3) is 5.01 Å². The normalized spacial score (nSPS) is 11.0. The first-order valence-corrected chi connectivity index (χ1v) is 15.6. The highest BCUT2D eigenvalue weighted by Gasteiger charge is 2.13. The van der Waals surface area contributed by atoms with Crippen LogP contribution in [-0.2, 0) is 18.3 Å². The molecule has 0 fully saturated rings. The molecule has 0 aliphatic heterocycles. The number of anilines is 1. The molecular weight excluding hydrogens is 512 g/mol. The molecule has 0 atom stereocenters. The summed E-state index contributed by atoms with van der Waals surface area (Å²) in [5.74, 6) is 0.633. The molecule has 0 saturated carbocycles. The summed E-state index contributed by atoms with van der Waals surface area (Å²) in [6, 6.07) is 13.5. The zero-order valence-electron chi connectivity index (χ0n) is 23.1. The van der Waals surface area contributed by atoms with Crippen molar-refractivity contribution >= 4 is 34.5 Å². The van der Waals surface area contributed by atoms with Gasteiger partial charge in [-0.15, -0.1) is 0 Å². The van der Waals surface area contributed by atoms with Crippen LogP contribution in [0, 0.1) is 0 Å². The van der Waals surface area contributed by atoms with Gasteiger partial charge in [-0.05, 0) is 42.8 Å². The van der Waals surface area contributed by atoms with E-state index in [0.717, 1.165) is 23.2 Å². The van der Waals surface area contributed by atoms with Gasteiger partial charge in [-0.3, -0.25) is 4.79 Å². The lowest BCUT2D eigenvalue weighted by molar-refractivity contribution is -0.655. The van der Waals surface area contributed by atoms with E-state index >= 15 is 0 Å². The number of aryl methyl sites for hydroxylation is 1. The van der Waals surface area contributed by atoms with Crippen LogP contribution in [0.4, 0.5) is 5.69 Å². The summed E-state index contributed by atoms with van der Waals surface area (Å²) in [5.41, 5.74) is 2.77. The number of nitrogens with one attached hydrogen (secondary N) is 1. The number of thiazole rings is 1. The van der Waals surface area contributed by atoms with Crippen molar-refractivity contribution in [3.63, 3.8) is 0 Å². The molecule has 0 aliphatic carbocycles. The number of ether oxygens (including phenoxy) is 1. The van der Waals surface area contributed by atoms with Crippen LogP contribution in [0.25, 0.3) is 10.6 Å². The molecule has 6 heteroatoms. The number of carbonyl (C=O) groups is 1. The summed E-state index contributed by atoms with van der Waals surface area (Å²) >= 11 is 7.92. The van der Waals surface area contributed by atoms with Crippen LogP contribution < -0.4 is 14.6 Å². The van der Waals surface area contributed by atoms with E-state index in [4.69, 9.17) is 16.3 Å². The van der Waals surface area contributed by atoms with Crippen molar-refractivity contribution in [2.75, 3.05) is 11.9 Å². The summed E-state index contributed by atoms with van der Waals surface area (Å²) in [6.07, 6.45) is 18.1. The van der Waals surface area contributed by atoms with Gasteiger partial charge >= 0.3 is 0 Å². The molecule has 0 radical (unpaired) electrons. The highest BCUT2D eigenvalue weighted by atomic mass is 35.5.